The third-order valence-electron chi connectivity index (χ3n) is 6.04. The number of nitrogens with one attached hydrogen (secondary N) is 1. The first-order valence-electron chi connectivity index (χ1n) is 10.5. The molecule has 1 aliphatic heterocycles. The predicted molar refractivity (Wildman–Crippen MR) is 125 cm³/mol. The van der Waals surface area contributed by atoms with Crippen LogP contribution in [0.2, 0.25) is 0 Å². The molecule has 1 fully saturated rings. The average Bonchev–Trinajstić information content (AvgIpc) is 2.75. The summed E-state index contributed by atoms with van der Waals surface area (Å²) in [6.45, 7) is 9.46. The SMILES string of the molecule is Cc1cccc(N2CCN(C(C)C(=O)Nc3cccc(S(=O)(=O)N(C)C)c3)CC2)c1C. The molecule has 1 unspecified atom stereocenters. The highest BCUT2D eigenvalue weighted by molar-refractivity contribution is 7.89. The summed E-state index contributed by atoms with van der Waals surface area (Å²) >= 11 is 0. The summed E-state index contributed by atoms with van der Waals surface area (Å²) in [5.41, 5.74) is 4.32. The summed E-state index contributed by atoms with van der Waals surface area (Å²) in [5.74, 6) is -0.139. The Hall–Kier alpha value is -2.42. The quantitative estimate of drug-likeness (QED) is 0.742. The Labute approximate surface area is 185 Å². The number of benzene rings is 2. The van der Waals surface area contributed by atoms with Gasteiger partial charge < -0.3 is 10.2 Å². The van der Waals surface area contributed by atoms with E-state index in [9.17, 15) is 13.2 Å². The Balaban J connectivity index is 1.62. The minimum Gasteiger partial charge on any atom is -0.369 e. The largest absolute Gasteiger partial charge is 0.369 e. The molecule has 31 heavy (non-hydrogen) atoms. The van der Waals surface area contributed by atoms with Crippen LogP contribution in [0.5, 0.6) is 0 Å². The molecule has 168 valence electrons. The Kier molecular flexibility index (Phi) is 7.03. The molecule has 1 heterocycles. The molecule has 0 aliphatic carbocycles. The molecule has 2 aromatic rings. The van der Waals surface area contributed by atoms with E-state index in [1.54, 1.807) is 12.1 Å². The van der Waals surface area contributed by atoms with E-state index >= 15 is 0 Å². The van der Waals surface area contributed by atoms with Crippen molar-refractivity contribution in [3.63, 3.8) is 0 Å². The van der Waals surface area contributed by atoms with Gasteiger partial charge in [-0.1, -0.05) is 18.2 Å². The van der Waals surface area contributed by atoms with Gasteiger partial charge in [-0.15, -0.1) is 0 Å². The standard InChI is InChI=1S/C23H32N4O3S/c1-17-8-6-11-22(18(17)2)27-14-12-26(13-15-27)19(3)23(28)24-20-9-7-10-21(16-20)31(29,30)25(4)5/h6-11,16,19H,12-15H2,1-5H3,(H,24,28). The smallest absolute Gasteiger partial charge is 0.242 e. The summed E-state index contributed by atoms with van der Waals surface area (Å²) in [6, 6.07) is 12.4. The second kappa shape index (κ2) is 9.38. The van der Waals surface area contributed by atoms with Crippen LogP contribution >= 0.6 is 0 Å². The molecular weight excluding hydrogens is 412 g/mol. The van der Waals surface area contributed by atoms with E-state index in [2.05, 4.69) is 47.2 Å². The van der Waals surface area contributed by atoms with E-state index in [1.165, 1.54) is 43.0 Å². The Bertz CT molecular complexity index is 1040. The molecule has 3 rings (SSSR count). The van der Waals surface area contributed by atoms with Gasteiger partial charge in [0.25, 0.3) is 0 Å². The van der Waals surface area contributed by atoms with Gasteiger partial charge >= 0.3 is 0 Å². The zero-order valence-corrected chi connectivity index (χ0v) is 19.7. The summed E-state index contributed by atoms with van der Waals surface area (Å²) in [4.78, 5) is 17.5. The minimum atomic E-state index is -3.55. The van der Waals surface area contributed by atoms with E-state index in [-0.39, 0.29) is 16.8 Å². The van der Waals surface area contributed by atoms with Crippen LogP contribution in [0.25, 0.3) is 0 Å². The molecule has 0 saturated carbocycles. The van der Waals surface area contributed by atoms with Gasteiger partial charge in [0.15, 0.2) is 0 Å². The Morgan fingerprint density at radius 3 is 2.32 bits per heavy atom. The van der Waals surface area contributed by atoms with E-state index < -0.39 is 10.0 Å². The molecule has 0 radical (unpaired) electrons. The number of anilines is 2. The van der Waals surface area contributed by atoms with Crippen molar-refractivity contribution in [1.82, 2.24) is 9.21 Å². The van der Waals surface area contributed by atoms with E-state index in [4.69, 9.17) is 0 Å². The van der Waals surface area contributed by atoms with E-state index in [1.807, 2.05) is 6.92 Å². The normalized spacial score (nSPS) is 16.4. The first-order valence-corrected chi connectivity index (χ1v) is 11.9. The van der Waals surface area contributed by atoms with Gasteiger partial charge in [0.1, 0.15) is 0 Å². The number of aryl methyl sites for hydroxylation is 1. The Morgan fingerprint density at radius 1 is 1.03 bits per heavy atom. The number of rotatable bonds is 6. The zero-order chi connectivity index (χ0) is 22.8. The van der Waals surface area contributed by atoms with Crippen LogP contribution < -0.4 is 10.2 Å². The van der Waals surface area contributed by atoms with Crippen molar-refractivity contribution in [2.45, 2.75) is 31.7 Å². The maximum absolute atomic E-state index is 12.8. The van der Waals surface area contributed by atoms with Crippen molar-refractivity contribution in [2.24, 2.45) is 0 Å². The minimum absolute atomic E-state index is 0.139. The molecule has 0 bridgehead atoms. The number of hydrogen-bond donors (Lipinski definition) is 1. The van der Waals surface area contributed by atoms with E-state index in [0.717, 1.165) is 30.5 Å². The van der Waals surface area contributed by atoms with E-state index in [0.29, 0.717) is 5.69 Å². The fourth-order valence-corrected chi connectivity index (χ4v) is 4.73. The highest BCUT2D eigenvalue weighted by Crippen LogP contribution is 2.24. The maximum atomic E-state index is 12.8. The van der Waals surface area contributed by atoms with Crippen LogP contribution in [0.15, 0.2) is 47.4 Å². The fraction of sp³-hybridized carbons (Fsp3) is 0.435. The fourth-order valence-electron chi connectivity index (χ4n) is 3.79. The lowest BCUT2D eigenvalue weighted by atomic mass is 10.1. The maximum Gasteiger partial charge on any atom is 0.242 e. The highest BCUT2D eigenvalue weighted by atomic mass is 32.2. The molecule has 1 aliphatic rings. The summed E-state index contributed by atoms with van der Waals surface area (Å²) in [6.07, 6.45) is 0. The van der Waals surface area contributed by atoms with Crippen LogP contribution in [-0.4, -0.2) is 69.8 Å². The molecule has 0 aromatic heterocycles. The molecular formula is C23H32N4O3S. The lowest BCUT2D eigenvalue weighted by molar-refractivity contribution is -0.120. The van der Waals surface area contributed by atoms with Gasteiger partial charge in [0.2, 0.25) is 15.9 Å². The lowest BCUT2D eigenvalue weighted by Gasteiger charge is -2.39. The number of amides is 1. The van der Waals surface area contributed by atoms with Crippen molar-refractivity contribution in [3.8, 4) is 0 Å². The first kappa shape index (κ1) is 23.2. The van der Waals surface area contributed by atoms with Crippen LogP contribution in [0, 0.1) is 13.8 Å². The van der Waals surface area contributed by atoms with Gasteiger partial charge in [-0.25, -0.2) is 12.7 Å². The molecule has 1 amide bonds. The van der Waals surface area contributed by atoms with Crippen molar-refractivity contribution in [2.75, 3.05) is 50.5 Å². The second-order valence-corrected chi connectivity index (χ2v) is 10.4. The number of carbonyl (C=O) groups excluding carboxylic acids is 1. The molecule has 1 atom stereocenters. The monoisotopic (exact) mass is 444 g/mol. The Morgan fingerprint density at radius 2 is 1.68 bits per heavy atom. The average molecular weight is 445 g/mol. The molecule has 7 nitrogen and oxygen atoms in total. The second-order valence-electron chi connectivity index (χ2n) is 8.22. The first-order chi connectivity index (χ1) is 14.6. The van der Waals surface area contributed by atoms with Crippen molar-refractivity contribution in [1.29, 1.82) is 0 Å². The molecule has 1 N–H and O–H groups in total. The van der Waals surface area contributed by atoms with Gasteiger partial charge in [0, 0.05) is 51.6 Å². The van der Waals surface area contributed by atoms with Crippen LogP contribution in [-0.2, 0) is 14.8 Å². The molecule has 8 heteroatoms. The summed E-state index contributed by atoms with van der Waals surface area (Å²) < 4.78 is 25.8. The number of hydrogen-bond acceptors (Lipinski definition) is 5. The predicted octanol–water partition coefficient (Wildman–Crippen LogP) is 2.70. The van der Waals surface area contributed by atoms with Crippen molar-refractivity contribution >= 4 is 27.3 Å². The summed E-state index contributed by atoms with van der Waals surface area (Å²) in [5, 5.41) is 2.87. The van der Waals surface area contributed by atoms with Crippen LogP contribution in [0.1, 0.15) is 18.1 Å². The van der Waals surface area contributed by atoms with Gasteiger partial charge in [0.05, 0.1) is 10.9 Å². The zero-order valence-electron chi connectivity index (χ0n) is 18.9. The molecule has 0 spiro atoms. The molecule has 1 saturated heterocycles. The number of piperazine rings is 1. The number of sulfonamides is 1. The van der Waals surface area contributed by atoms with Gasteiger partial charge in [-0.05, 0) is 56.2 Å². The van der Waals surface area contributed by atoms with Crippen LogP contribution in [0.3, 0.4) is 0 Å². The van der Waals surface area contributed by atoms with Gasteiger partial charge in [-0.2, -0.15) is 0 Å². The van der Waals surface area contributed by atoms with Crippen molar-refractivity contribution < 1.29 is 13.2 Å². The van der Waals surface area contributed by atoms with Crippen molar-refractivity contribution in [3.05, 3.63) is 53.6 Å². The lowest BCUT2D eigenvalue weighted by Crippen LogP contribution is -2.53. The topological polar surface area (TPSA) is 73.0 Å². The highest BCUT2D eigenvalue weighted by Gasteiger charge is 2.26. The van der Waals surface area contributed by atoms with Gasteiger partial charge in [-0.3, -0.25) is 9.69 Å². The number of nitrogens with zero attached hydrogens (tertiary/aromatic N) is 3. The number of carbonyl (C=O) groups is 1. The summed E-state index contributed by atoms with van der Waals surface area (Å²) in [7, 11) is -0.576. The molecule has 2 aromatic carbocycles. The van der Waals surface area contributed by atoms with Crippen LogP contribution in [0.4, 0.5) is 11.4 Å². The third kappa shape index (κ3) is 5.08. The third-order valence-corrected chi connectivity index (χ3v) is 7.85.